The lowest BCUT2D eigenvalue weighted by Crippen LogP contribution is -2.39. The molecule has 1 aliphatic carbocycles. The van der Waals surface area contributed by atoms with E-state index in [1.54, 1.807) is 6.07 Å². The van der Waals surface area contributed by atoms with Crippen LogP contribution >= 0.6 is 0 Å². The molecule has 0 aliphatic heterocycles. The van der Waals surface area contributed by atoms with Gasteiger partial charge in [0, 0.05) is 18.7 Å². The predicted molar refractivity (Wildman–Crippen MR) is 131 cm³/mol. The Hall–Kier alpha value is -4.20. The van der Waals surface area contributed by atoms with Gasteiger partial charge in [-0.05, 0) is 40.3 Å². The van der Waals surface area contributed by atoms with E-state index in [2.05, 4.69) is 22.4 Å². The van der Waals surface area contributed by atoms with Crippen molar-refractivity contribution in [3.63, 3.8) is 0 Å². The van der Waals surface area contributed by atoms with Crippen LogP contribution in [-0.2, 0) is 9.53 Å². The summed E-state index contributed by atoms with van der Waals surface area (Å²) in [5.41, 5.74) is 4.56. The molecule has 0 unspecified atom stereocenters. The van der Waals surface area contributed by atoms with Crippen molar-refractivity contribution in [3.05, 3.63) is 83.7 Å². The number of carboxylic acids is 1. The lowest BCUT2D eigenvalue weighted by Gasteiger charge is -2.23. The van der Waals surface area contributed by atoms with Gasteiger partial charge in [-0.25, -0.2) is 9.78 Å². The van der Waals surface area contributed by atoms with Crippen LogP contribution in [0.25, 0.3) is 11.1 Å². The quantitative estimate of drug-likeness (QED) is 0.494. The average molecular weight is 474 g/mol. The highest BCUT2D eigenvalue weighted by atomic mass is 16.5. The molecular formula is C27H27N3O5. The van der Waals surface area contributed by atoms with Gasteiger partial charge in [-0.15, -0.1) is 0 Å². The third kappa shape index (κ3) is 5.32. The first-order valence-electron chi connectivity index (χ1n) is 11.4. The van der Waals surface area contributed by atoms with E-state index in [4.69, 9.17) is 4.74 Å². The number of rotatable bonds is 8. The van der Waals surface area contributed by atoms with Crippen molar-refractivity contribution in [2.75, 3.05) is 25.0 Å². The van der Waals surface area contributed by atoms with E-state index >= 15 is 0 Å². The normalized spacial score (nSPS) is 12.1. The number of anilines is 1. The maximum atomic E-state index is 13.1. The summed E-state index contributed by atoms with van der Waals surface area (Å²) >= 11 is 0. The number of carboxylic acid groups (broad SMARTS) is 1. The summed E-state index contributed by atoms with van der Waals surface area (Å²) in [4.78, 5) is 42.4. The van der Waals surface area contributed by atoms with E-state index < -0.39 is 24.5 Å². The summed E-state index contributed by atoms with van der Waals surface area (Å²) in [7, 11) is 0. The number of fused-ring (bicyclic) bond motifs is 3. The fraction of sp³-hybridized carbons (Fsp3) is 0.259. The molecule has 0 radical (unpaired) electrons. The minimum atomic E-state index is -1.12. The number of ether oxygens (including phenoxy) is 1. The first kappa shape index (κ1) is 23.9. The van der Waals surface area contributed by atoms with Crippen molar-refractivity contribution in [2.45, 2.75) is 19.8 Å². The smallest absolute Gasteiger partial charge is 0.411 e. The van der Waals surface area contributed by atoms with Gasteiger partial charge in [0.15, 0.2) is 5.69 Å². The molecule has 0 fully saturated rings. The van der Waals surface area contributed by atoms with Crippen molar-refractivity contribution >= 4 is 23.7 Å². The molecule has 35 heavy (non-hydrogen) atoms. The van der Waals surface area contributed by atoms with Crippen molar-refractivity contribution < 1.29 is 24.2 Å². The summed E-state index contributed by atoms with van der Waals surface area (Å²) in [6.45, 7) is 3.68. The SMILES string of the molecule is CC(C)CN(CC(=O)O)C(=O)c1ncccc1NC(=O)OCC1c2ccccc2-c2ccccc21. The number of carbonyl (C=O) groups is 3. The number of hydrogen-bond acceptors (Lipinski definition) is 5. The molecule has 0 atom stereocenters. The monoisotopic (exact) mass is 473 g/mol. The molecule has 8 heteroatoms. The Morgan fingerprint density at radius 1 is 1.00 bits per heavy atom. The van der Waals surface area contributed by atoms with Gasteiger partial charge in [0.1, 0.15) is 13.2 Å². The molecule has 4 rings (SSSR count). The Morgan fingerprint density at radius 3 is 2.23 bits per heavy atom. The summed E-state index contributed by atoms with van der Waals surface area (Å²) in [6, 6.07) is 19.2. The minimum absolute atomic E-state index is 0.0390. The molecule has 180 valence electrons. The van der Waals surface area contributed by atoms with Gasteiger partial charge in [0.05, 0.1) is 5.69 Å². The van der Waals surface area contributed by atoms with Crippen molar-refractivity contribution in [1.29, 1.82) is 0 Å². The van der Waals surface area contributed by atoms with Crippen LogP contribution in [0, 0.1) is 5.92 Å². The largest absolute Gasteiger partial charge is 0.480 e. The van der Waals surface area contributed by atoms with Crippen LogP contribution in [0.3, 0.4) is 0 Å². The van der Waals surface area contributed by atoms with Crippen LogP contribution in [0.4, 0.5) is 10.5 Å². The van der Waals surface area contributed by atoms with Gasteiger partial charge in [-0.1, -0.05) is 62.4 Å². The number of amides is 2. The van der Waals surface area contributed by atoms with E-state index in [-0.39, 0.29) is 36.4 Å². The zero-order chi connectivity index (χ0) is 24.9. The molecule has 3 aromatic rings. The first-order chi connectivity index (χ1) is 16.8. The standard InChI is InChI=1S/C27H27N3O5/c1-17(2)14-30(15-24(31)32)26(33)25-23(12-7-13-28-25)29-27(34)35-16-22-20-10-5-3-8-18(20)19-9-4-6-11-21(19)22/h3-13,17,22H,14-16H2,1-2H3,(H,29,34)(H,31,32). The summed E-state index contributed by atoms with van der Waals surface area (Å²) < 4.78 is 5.57. The number of nitrogens with zero attached hydrogens (tertiary/aromatic N) is 2. The molecule has 2 N–H and O–H groups in total. The fourth-order valence-electron chi connectivity index (χ4n) is 4.39. The van der Waals surface area contributed by atoms with Crippen LogP contribution in [0.5, 0.6) is 0 Å². The number of aromatic nitrogens is 1. The highest BCUT2D eigenvalue weighted by Gasteiger charge is 2.29. The Kier molecular flexibility index (Phi) is 7.10. The number of hydrogen-bond donors (Lipinski definition) is 2. The van der Waals surface area contributed by atoms with Crippen LogP contribution in [0.1, 0.15) is 41.4 Å². The van der Waals surface area contributed by atoms with Gasteiger partial charge in [0.25, 0.3) is 5.91 Å². The molecular weight excluding hydrogens is 446 g/mol. The Balaban J connectivity index is 1.48. The van der Waals surface area contributed by atoms with E-state index in [1.165, 1.54) is 17.2 Å². The highest BCUT2D eigenvalue weighted by Crippen LogP contribution is 2.44. The lowest BCUT2D eigenvalue weighted by molar-refractivity contribution is -0.137. The molecule has 8 nitrogen and oxygen atoms in total. The maximum absolute atomic E-state index is 13.1. The molecule has 0 saturated heterocycles. The van der Waals surface area contributed by atoms with Crippen LogP contribution in [0.15, 0.2) is 66.9 Å². The molecule has 0 spiro atoms. The number of benzene rings is 2. The molecule has 0 saturated carbocycles. The van der Waals surface area contributed by atoms with Crippen LogP contribution in [0.2, 0.25) is 0 Å². The van der Waals surface area contributed by atoms with Gasteiger partial charge in [-0.3, -0.25) is 14.9 Å². The van der Waals surface area contributed by atoms with Gasteiger partial charge in [0.2, 0.25) is 0 Å². The zero-order valence-corrected chi connectivity index (χ0v) is 19.6. The maximum Gasteiger partial charge on any atom is 0.411 e. The molecule has 1 aromatic heterocycles. The molecule has 0 bridgehead atoms. The first-order valence-corrected chi connectivity index (χ1v) is 11.4. The van der Waals surface area contributed by atoms with E-state index in [0.29, 0.717) is 0 Å². The second kappa shape index (κ2) is 10.4. The lowest BCUT2D eigenvalue weighted by atomic mass is 9.98. The van der Waals surface area contributed by atoms with Crippen molar-refractivity contribution in [3.8, 4) is 11.1 Å². The van der Waals surface area contributed by atoms with E-state index in [9.17, 15) is 19.5 Å². The van der Waals surface area contributed by atoms with Crippen molar-refractivity contribution in [1.82, 2.24) is 9.88 Å². The predicted octanol–water partition coefficient (Wildman–Crippen LogP) is 4.63. The van der Waals surface area contributed by atoms with E-state index in [0.717, 1.165) is 22.3 Å². The second-order valence-corrected chi connectivity index (χ2v) is 8.82. The Labute approximate surface area is 203 Å². The highest BCUT2D eigenvalue weighted by molar-refractivity contribution is 6.01. The summed E-state index contributed by atoms with van der Waals surface area (Å²) in [6.07, 6.45) is 0.701. The number of aliphatic carboxylic acids is 1. The van der Waals surface area contributed by atoms with E-state index in [1.807, 2.05) is 50.2 Å². The second-order valence-electron chi connectivity index (χ2n) is 8.82. The average Bonchev–Trinajstić information content (AvgIpc) is 3.15. The van der Waals surface area contributed by atoms with Crippen LogP contribution < -0.4 is 5.32 Å². The molecule has 2 amide bonds. The molecule has 2 aromatic carbocycles. The number of nitrogens with one attached hydrogen (secondary N) is 1. The summed E-state index contributed by atoms with van der Waals surface area (Å²) in [5.74, 6) is -1.74. The fourth-order valence-corrected chi connectivity index (χ4v) is 4.39. The third-order valence-electron chi connectivity index (χ3n) is 5.79. The Morgan fingerprint density at radius 2 is 1.63 bits per heavy atom. The van der Waals surface area contributed by atoms with Crippen molar-refractivity contribution in [2.24, 2.45) is 5.92 Å². The number of carbonyl (C=O) groups excluding carboxylic acids is 2. The third-order valence-corrected chi connectivity index (χ3v) is 5.79. The molecule has 1 aliphatic rings. The van der Waals surface area contributed by atoms with Gasteiger partial charge in [-0.2, -0.15) is 0 Å². The van der Waals surface area contributed by atoms with Gasteiger partial charge < -0.3 is 14.7 Å². The van der Waals surface area contributed by atoms with Gasteiger partial charge >= 0.3 is 12.1 Å². The minimum Gasteiger partial charge on any atom is -0.480 e. The summed E-state index contributed by atoms with van der Waals surface area (Å²) in [5, 5.41) is 11.8. The number of pyridine rings is 1. The zero-order valence-electron chi connectivity index (χ0n) is 19.6. The molecule has 1 heterocycles. The topological polar surface area (TPSA) is 109 Å². The Bertz CT molecular complexity index is 1210. The van der Waals surface area contributed by atoms with Crippen LogP contribution in [-0.4, -0.2) is 52.7 Å².